The van der Waals surface area contributed by atoms with Crippen LogP contribution in [0.3, 0.4) is 0 Å². The van der Waals surface area contributed by atoms with Crippen LogP contribution in [0, 0.1) is 0 Å². The molecule has 1 unspecified atom stereocenters. The fraction of sp³-hybridized carbons (Fsp3) is 0.632. The Labute approximate surface area is 156 Å². The van der Waals surface area contributed by atoms with Gasteiger partial charge in [0.15, 0.2) is 0 Å². The molecule has 2 saturated heterocycles. The summed E-state index contributed by atoms with van der Waals surface area (Å²) in [7, 11) is -1.59. The quantitative estimate of drug-likeness (QED) is 0.786. The molecule has 1 amide bonds. The lowest BCUT2D eigenvalue weighted by Crippen LogP contribution is -2.45. The molecule has 0 saturated carbocycles. The van der Waals surface area contributed by atoms with Crippen molar-refractivity contribution in [2.24, 2.45) is 0 Å². The van der Waals surface area contributed by atoms with Crippen LogP contribution in [0.25, 0.3) is 0 Å². The summed E-state index contributed by atoms with van der Waals surface area (Å²) >= 11 is 0. The molecular weight excluding hydrogens is 350 g/mol. The number of sulfonamides is 1. The summed E-state index contributed by atoms with van der Waals surface area (Å²) in [6.07, 6.45) is 6.32. The predicted octanol–water partition coefficient (Wildman–Crippen LogP) is 2.06. The van der Waals surface area contributed by atoms with E-state index in [0.29, 0.717) is 19.5 Å². The number of carbonyl (C=O) groups excluding carboxylic acids is 1. The maximum absolute atomic E-state index is 12.7. The Kier molecular flexibility index (Phi) is 5.87. The molecule has 6 nitrogen and oxygen atoms in total. The largest absolute Gasteiger partial charge is 0.372 e. The first-order chi connectivity index (χ1) is 12.4. The standard InChI is InChI=1S/C19H29N3O3S/c1-20(19(23)18-7-6-14-22(18)26(2,24)25)15-16-8-10-17(11-9-16)21-12-4-3-5-13-21/h8-11,18H,3-7,12-15H2,1-2H3. The highest BCUT2D eigenvalue weighted by Crippen LogP contribution is 2.23. The lowest BCUT2D eigenvalue weighted by molar-refractivity contribution is -0.133. The number of anilines is 1. The molecule has 1 aromatic carbocycles. The van der Waals surface area contributed by atoms with Gasteiger partial charge in [0.25, 0.3) is 0 Å². The van der Waals surface area contributed by atoms with E-state index in [2.05, 4.69) is 29.2 Å². The van der Waals surface area contributed by atoms with E-state index in [1.165, 1.54) is 35.5 Å². The van der Waals surface area contributed by atoms with Gasteiger partial charge >= 0.3 is 0 Å². The van der Waals surface area contributed by atoms with E-state index in [1.807, 2.05) is 0 Å². The lowest BCUT2D eigenvalue weighted by Gasteiger charge is -2.29. The number of nitrogens with zero attached hydrogens (tertiary/aromatic N) is 3. The number of hydrogen-bond donors (Lipinski definition) is 0. The minimum atomic E-state index is -3.34. The van der Waals surface area contributed by atoms with Gasteiger partial charge in [-0.3, -0.25) is 4.79 Å². The Morgan fingerprint density at radius 1 is 1.08 bits per heavy atom. The van der Waals surface area contributed by atoms with E-state index >= 15 is 0 Å². The molecule has 0 aromatic heterocycles. The lowest BCUT2D eigenvalue weighted by atomic mass is 10.1. The smallest absolute Gasteiger partial charge is 0.241 e. The van der Waals surface area contributed by atoms with Gasteiger partial charge in [0, 0.05) is 38.9 Å². The van der Waals surface area contributed by atoms with Gasteiger partial charge in [-0.1, -0.05) is 12.1 Å². The predicted molar refractivity (Wildman–Crippen MR) is 104 cm³/mol. The molecule has 1 atom stereocenters. The molecule has 144 valence electrons. The van der Waals surface area contributed by atoms with Crippen LogP contribution in [0.4, 0.5) is 5.69 Å². The third-order valence-electron chi connectivity index (χ3n) is 5.37. The topological polar surface area (TPSA) is 60.9 Å². The Hall–Kier alpha value is -1.60. The van der Waals surface area contributed by atoms with Crippen LogP contribution in [0.5, 0.6) is 0 Å². The number of amides is 1. The van der Waals surface area contributed by atoms with Gasteiger partial charge in [-0.05, 0) is 49.8 Å². The van der Waals surface area contributed by atoms with Gasteiger partial charge in [-0.25, -0.2) is 8.42 Å². The summed E-state index contributed by atoms with van der Waals surface area (Å²) < 4.78 is 25.1. The minimum Gasteiger partial charge on any atom is -0.372 e. The normalized spacial score (nSPS) is 21.8. The monoisotopic (exact) mass is 379 g/mol. The van der Waals surface area contributed by atoms with E-state index in [1.54, 1.807) is 11.9 Å². The van der Waals surface area contributed by atoms with Crippen molar-refractivity contribution in [3.05, 3.63) is 29.8 Å². The number of likely N-dealkylation sites (N-methyl/N-ethyl adjacent to an activating group) is 1. The zero-order chi connectivity index (χ0) is 18.7. The van der Waals surface area contributed by atoms with Gasteiger partial charge in [-0.15, -0.1) is 0 Å². The summed E-state index contributed by atoms with van der Waals surface area (Å²) in [6.45, 7) is 3.16. The second-order valence-electron chi connectivity index (χ2n) is 7.44. The molecule has 2 aliphatic heterocycles. The van der Waals surface area contributed by atoms with Crippen molar-refractivity contribution in [3.8, 4) is 0 Å². The summed E-state index contributed by atoms with van der Waals surface area (Å²) in [5.41, 5.74) is 2.30. The highest BCUT2D eigenvalue weighted by atomic mass is 32.2. The van der Waals surface area contributed by atoms with E-state index < -0.39 is 16.1 Å². The van der Waals surface area contributed by atoms with Crippen molar-refractivity contribution in [2.75, 3.05) is 37.8 Å². The van der Waals surface area contributed by atoms with Crippen molar-refractivity contribution in [1.82, 2.24) is 9.21 Å². The molecule has 2 heterocycles. The van der Waals surface area contributed by atoms with E-state index in [4.69, 9.17) is 0 Å². The molecule has 0 radical (unpaired) electrons. The molecule has 1 aromatic rings. The third kappa shape index (κ3) is 4.38. The maximum atomic E-state index is 12.7. The number of rotatable bonds is 5. The van der Waals surface area contributed by atoms with E-state index in [0.717, 1.165) is 25.1 Å². The molecule has 7 heteroatoms. The molecule has 0 bridgehead atoms. The van der Waals surface area contributed by atoms with Crippen molar-refractivity contribution < 1.29 is 13.2 Å². The highest BCUT2D eigenvalue weighted by Gasteiger charge is 2.37. The van der Waals surface area contributed by atoms with Crippen LogP contribution < -0.4 is 4.90 Å². The second-order valence-corrected chi connectivity index (χ2v) is 9.38. The van der Waals surface area contributed by atoms with Crippen molar-refractivity contribution in [1.29, 1.82) is 0 Å². The number of piperidine rings is 1. The zero-order valence-electron chi connectivity index (χ0n) is 15.7. The number of hydrogen-bond acceptors (Lipinski definition) is 4. The van der Waals surface area contributed by atoms with Gasteiger partial charge in [0.2, 0.25) is 15.9 Å². The second kappa shape index (κ2) is 7.96. The first kappa shape index (κ1) is 19.2. The maximum Gasteiger partial charge on any atom is 0.241 e. The van der Waals surface area contributed by atoms with Crippen molar-refractivity contribution in [2.45, 2.75) is 44.7 Å². The van der Waals surface area contributed by atoms with Crippen molar-refractivity contribution in [3.63, 3.8) is 0 Å². The summed E-state index contributed by atoms with van der Waals surface area (Å²) in [5.74, 6) is -0.118. The Morgan fingerprint density at radius 2 is 1.73 bits per heavy atom. The molecule has 3 rings (SSSR count). The average Bonchev–Trinajstić information content (AvgIpc) is 3.12. The minimum absolute atomic E-state index is 0.118. The number of benzene rings is 1. The average molecular weight is 380 g/mol. The fourth-order valence-corrected chi connectivity index (χ4v) is 5.07. The van der Waals surface area contributed by atoms with E-state index in [-0.39, 0.29) is 5.91 Å². The van der Waals surface area contributed by atoms with Crippen LogP contribution in [-0.2, 0) is 21.4 Å². The first-order valence-electron chi connectivity index (χ1n) is 9.42. The van der Waals surface area contributed by atoms with Crippen LogP contribution in [0.2, 0.25) is 0 Å². The molecular formula is C19H29N3O3S. The zero-order valence-corrected chi connectivity index (χ0v) is 16.5. The third-order valence-corrected chi connectivity index (χ3v) is 6.66. The summed E-state index contributed by atoms with van der Waals surface area (Å²) in [4.78, 5) is 16.8. The molecule has 2 fully saturated rings. The first-order valence-corrected chi connectivity index (χ1v) is 11.3. The summed E-state index contributed by atoms with van der Waals surface area (Å²) in [5, 5.41) is 0. The highest BCUT2D eigenvalue weighted by molar-refractivity contribution is 7.88. The van der Waals surface area contributed by atoms with Crippen molar-refractivity contribution >= 4 is 21.6 Å². The number of carbonyl (C=O) groups is 1. The molecule has 0 N–H and O–H groups in total. The SMILES string of the molecule is CN(Cc1ccc(N2CCCCC2)cc1)C(=O)C1CCCN1S(C)(=O)=O. The van der Waals surface area contributed by atoms with Crippen LogP contribution in [-0.4, -0.2) is 62.5 Å². The molecule has 0 spiro atoms. The molecule has 0 aliphatic carbocycles. The van der Waals surface area contributed by atoms with Gasteiger partial charge in [0.1, 0.15) is 6.04 Å². The van der Waals surface area contributed by atoms with Crippen LogP contribution in [0.15, 0.2) is 24.3 Å². The molecule has 2 aliphatic rings. The van der Waals surface area contributed by atoms with Gasteiger partial charge in [-0.2, -0.15) is 4.31 Å². The molecule has 26 heavy (non-hydrogen) atoms. The van der Waals surface area contributed by atoms with Crippen LogP contribution >= 0.6 is 0 Å². The van der Waals surface area contributed by atoms with Gasteiger partial charge < -0.3 is 9.80 Å². The Balaban J connectivity index is 1.62. The summed E-state index contributed by atoms with van der Waals surface area (Å²) in [6, 6.07) is 7.82. The fourth-order valence-electron chi connectivity index (χ4n) is 3.95. The van der Waals surface area contributed by atoms with E-state index in [9.17, 15) is 13.2 Å². The Morgan fingerprint density at radius 3 is 2.35 bits per heavy atom. The van der Waals surface area contributed by atoms with Gasteiger partial charge in [0.05, 0.1) is 6.26 Å². The Bertz CT molecular complexity index is 727. The van der Waals surface area contributed by atoms with Crippen LogP contribution in [0.1, 0.15) is 37.7 Å².